The summed E-state index contributed by atoms with van der Waals surface area (Å²) < 4.78 is 10.3. The summed E-state index contributed by atoms with van der Waals surface area (Å²) in [6, 6.07) is 5.53. The molecular weight excluding hydrogens is 200 g/mol. The summed E-state index contributed by atoms with van der Waals surface area (Å²) in [5.74, 6) is 1.47. The first-order valence-electron chi connectivity index (χ1n) is 4.27. The third-order valence-electron chi connectivity index (χ3n) is 1.92. The summed E-state index contributed by atoms with van der Waals surface area (Å²) >= 11 is 6.01. The molecule has 0 saturated heterocycles. The summed E-state index contributed by atoms with van der Waals surface area (Å²) in [5.41, 5.74) is 0.873. The van der Waals surface area contributed by atoms with Gasteiger partial charge in [0.1, 0.15) is 11.5 Å². The third-order valence-corrected chi connectivity index (χ3v) is 2.34. The first-order chi connectivity index (χ1) is 6.72. The number of ether oxygens (including phenoxy) is 2. The summed E-state index contributed by atoms with van der Waals surface area (Å²) in [7, 11) is 3.23. The molecular formula is C11H13ClO2. The highest BCUT2D eigenvalue weighted by atomic mass is 35.5. The van der Waals surface area contributed by atoms with Crippen LogP contribution in [0.25, 0.3) is 5.03 Å². The molecule has 0 heterocycles. The molecule has 0 aliphatic carbocycles. The molecule has 1 aromatic carbocycles. The van der Waals surface area contributed by atoms with E-state index in [0.29, 0.717) is 10.8 Å². The van der Waals surface area contributed by atoms with Crippen LogP contribution in [-0.2, 0) is 0 Å². The Morgan fingerprint density at radius 2 is 2.00 bits per heavy atom. The van der Waals surface area contributed by atoms with Crippen LogP contribution in [-0.4, -0.2) is 14.2 Å². The van der Waals surface area contributed by atoms with Crippen molar-refractivity contribution in [3.05, 3.63) is 29.8 Å². The predicted octanol–water partition coefficient (Wildman–Crippen LogP) is 3.30. The van der Waals surface area contributed by atoms with Crippen molar-refractivity contribution in [1.29, 1.82) is 0 Å². The van der Waals surface area contributed by atoms with Gasteiger partial charge in [0, 0.05) is 16.7 Å². The fraction of sp³-hybridized carbons (Fsp3) is 0.273. The molecule has 1 aromatic rings. The van der Waals surface area contributed by atoms with Crippen molar-refractivity contribution in [2.24, 2.45) is 0 Å². The summed E-state index contributed by atoms with van der Waals surface area (Å²) in [4.78, 5) is 0. The van der Waals surface area contributed by atoms with Crippen LogP contribution in [0.5, 0.6) is 11.5 Å². The first-order valence-corrected chi connectivity index (χ1v) is 4.65. The zero-order chi connectivity index (χ0) is 10.6. The van der Waals surface area contributed by atoms with Crippen molar-refractivity contribution in [1.82, 2.24) is 0 Å². The highest BCUT2D eigenvalue weighted by Gasteiger charge is 2.06. The van der Waals surface area contributed by atoms with Gasteiger partial charge in [-0.25, -0.2) is 0 Å². The van der Waals surface area contributed by atoms with Crippen molar-refractivity contribution in [3.63, 3.8) is 0 Å². The molecule has 0 radical (unpaired) electrons. The van der Waals surface area contributed by atoms with Gasteiger partial charge >= 0.3 is 0 Å². The number of halogens is 1. The van der Waals surface area contributed by atoms with Gasteiger partial charge in [-0.3, -0.25) is 0 Å². The van der Waals surface area contributed by atoms with E-state index in [1.165, 1.54) is 0 Å². The van der Waals surface area contributed by atoms with Gasteiger partial charge < -0.3 is 9.47 Å². The number of benzene rings is 1. The lowest BCUT2D eigenvalue weighted by Gasteiger charge is -2.09. The van der Waals surface area contributed by atoms with E-state index in [4.69, 9.17) is 21.1 Å². The Kier molecular flexibility index (Phi) is 3.84. The second-order valence-corrected chi connectivity index (χ2v) is 3.11. The van der Waals surface area contributed by atoms with Gasteiger partial charge in [-0.2, -0.15) is 0 Å². The Hall–Kier alpha value is -1.15. The smallest absolute Gasteiger partial charge is 0.131 e. The van der Waals surface area contributed by atoms with Crippen molar-refractivity contribution in [2.75, 3.05) is 14.2 Å². The maximum Gasteiger partial charge on any atom is 0.131 e. The van der Waals surface area contributed by atoms with E-state index in [0.717, 1.165) is 11.3 Å². The van der Waals surface area contributed by atoms with Crippen molar-refractivity contribution in [2.45, 2.75) is 6.92 Å². The standard InChI is InChI=1S/C11H13ClO2/c1-4-10(12)9-6-5-8(13-2)7-11(9)14-3/h4-7H,1-3H3/b10-4-. The van der Waals surface area contributed by atoms with E-state index in [2.05, 4.69) is 0 Å². The van der Waals surface area contributed by atoms with E-state index in [1.807, 2.05) is 25.1 Å². The van der Waals surface area contributed by atoms with E-state index < -0.39 is 0 Å². The molecule has 0 aromatic heterocycles. The number of rotatable bonds is 3. The van der Waals surface area contributed by atoms with Crippen LogP contribution in [0.2, 0.25) is 0 Å². The minimum absolute atomic E-state index is 0.671. The molecule has 0 unspecified atom stereocenters. The fourth-order valence-corrected chi connectivity index (χ4v) is 1.31. The molecule has 0 atom stereocenters. The van der Waals surface area contributed by atoms with Gasteiger partial charge in [-0.1, -0.05) is 17.7 Å². The number of methoxy groups -OCH3 is 2. The molecule has 76 valence electrons. The third kappa shape index (κ3) is 2.20. The Balaban J connectivity index is 3.18. The van der Waals surface area contributed by atoms with Crippen LogP contribution in [0.15, 0.2) is 24.3 Å². The zero-order valence-corrected chi connectivity index (χ0v) is 9.26. The number of allylic oxidation sites excluding steroid dienone is 1. The Morgan fingerprint density at radius 1 is 1.29 bits per heavy atom. The lowest BCUT2D eigenvalue weighted by Crippen LogP contribution is -1.90. The van der Waals surface area contributed by atoms with E-state index in [-0.39, 0.29) is 0 Å². The van der Waals surface area contributed by atoms with E-state index >= 15 is 0 Å². The molecule has 0 spiro atoms. The van der Waals surface area contributed by atoms with E-state index in [1.54, 1.807) is 20.3 Å². The monoisotopic (exact) mass is 212 g/mol. The molecule has 0 amide bonds. The maximum absolute atomic E-state index is 6.01. The van der Waals surface area contributed by atoms with Gasteiger partial charge in [-0.15, -0.1) is 0 Å². The van der Waals surface area contributed by atoms with Crippen molar-refractivity contribution >= 4 is 16.6 Å². The molecule has 2 nitrogen and oxygen atoms in total. The van der Waals surface area contributed by atoms with Gasteiger partial charge in [0.05, 0.1) is 14.2 Å². The minimum Gasteiger partial charge on any atom is -0.497 e. The molecule has 14 heavy (non-hydrogen) atoms. The quantitative estimate of drug-likeness (QED) is 0.766. The Morgan fingerprint density at radius 3 is 2.50 bits per heavy atom. The van der Waals surface area contributed by atoms with Gasteiger partial charge in [0.15, 0.2) is 0 Å². The molecule has 0 bridgehead atoms. The van der Waals surface area contributed by atoms with Crippen LogP contribution in [0, 0.1) is 0 Å². The SMILES string of the molecule is C/C=C(\Cl)c1ccc(OC)cc1OC. The second-order valence-electron chi connectivity index (χ2n) is 2.70. The van der Waals surface area contributed by atoms with Crippen LogP contribution in [0.4, 0.5) is 0 Å². The van der Waals surface area contributed by atoms with Crippen LogP contribution < -0.4 is 9.47 Å². The van der Waals surface area contributed by atoms with Gasteiger partial charge in [-0.05, 0) is 19.1 Å². The zero-order valence-electron chi connectivity index (χ0n) is 8.50. The number of hydrogen-bond donors (Lipinski definition) is 0. The van der Waals surface area contributed by atoms with Crippen LogP contribution >= 0.6 is 11.6 Å². The van der Waals surface area contributed by atoms with Crippen molar-refractivity contribution in [3.8, 4) is 11.5 Å². The Labute approximate surface area is 89.1 Å². The highest BCUT2D eigenvalue weighted by molar-refractivity contribution is 6.49. The lowest BCUT2D eigenvalue weighted by atomic mass is 10.1. The predicted molar refractivity (Wildman–Crippen MR) is 59.1 cm³/mol. The fourth-order valence-electron chi connectivity index (χ4n) is 1.15. The molecule has 0 saturated carbocycles. The second kappa shape index (κ2) is 4.91. The topological polar surface area (TPSA) is 18.5 Å². The molecule has 0 fully saturated rings. The van der Waals surface area contributed by atoms with Crippen molar-refractivity contribution < 1.29 is 9.47 Å². The highest BCUT2D eigenvalue weighted by Crippen LogP contribution is 2.31. The van der Waals surface area contributed by atoms with Gasteiger partial charge in [0.25, 0.3) is 0 Å². The molecule has 1 rings (SSSR count). The van der Waals surface area contributed by atoms with Crippen LogP contribution in [0.1, 0.15) is 12.5 Å². The largest absolute Gasteiger partial charge is 0.497 e. The first kappa shape index (κ1) is 10.9. The lowest BCUT2D eigenvalue weighted by molar-refractivity contribution is 0.393. The minimum atomic E-state index is 0.671. The maximum atomic E-state index is 6.01. The molecule has 3 heteroatoms. The molecule has 0 aliphatic rings. The van der Waals surface area contributed by atoms with E-state index in [9.17, 15) is 0 Å². The molecule has 0 N–H and O–H groups in total. The Bertz CT molecular complexity index is 345. The molecule has 0 aliphatic heterocycles. The normalized spacial score (nSPS) is 11.3. The summed E-state index contributed by atoms with van der Waals surface area (Å²) in [6.07, 6.45) is 1.83. The number of hydrogen-bond acceptors (Lipinski definition) is 2. The van der Waals surface area contributed by atoms with Gasteiger partial charge in [0.2, 0.25) is 0 Å². The average molecular weight is 213 g/mol. The summed E-state index contributed by atoms with van der Waals surface area (Å²) in [6.45, 7) is 1.88. The average Bonchev–Trinajstić information content (AvgIpc) is 2.27. The van der Waals surface area contributed by atoms with Crippen LogP contribution in [0.3, 0.4) is 0 Å². The summed E-state index contributed by atoms with van der Waals surface area (Å²) in [5, 5.41) is 0.671.